The molecule has 2 aliphatic heterocycles. The number of carbonyl (C=O) groups excluding carboxylic acids is 1. The standard InChI is InChI=1S/C22H30FN5O2/c23-18-7-9-19(10-8-18)30-14-11-24-21(29)16-27-12-4-5-17(15-27)22-26-25-20-6-2-1-3-13-28(20)22/h7-10,17H,1-6,11-16H2,(H,24,29). The minimum absolute atomic E-state index is 0.00146. The number of hydrogen-bond donors (Lipinski definition) is 1. The Bertz CT molecular complexity index is 839. The van der Waals surface area contributed by atoms with Crippen LogP contribution in [0.4, 0.5) is 4.39 Å². The molecule has 2 aliphatic rings. The lowest BCUT2D eigenvalue weighted by Crippen LogP contribution is -2.43. The summed E-state index contributed by atoms with van der Waals surface area (Å²) in [6, 6.07) is 5.87. The number of fused-ring (bicyclic) bond motifs is 1. The van der Waals surface area contributed by atoms with Crippen molar-refractivity contribution in [1.82, 2.24) is 25.0 Å². The quantitative estimate of drug-likeness (QED) is 0.704. The van der Waals surface area contributed by atoms with Gasteiger partial charge in [-0.1, -0.05) is 6.42 Å². The fourth-order valence-electron chi connectivity index (χ4n) is 4.37. The van der Waals surface area contributed by atoms with Gasteiger partial charge in [0.1, 0.15) is 29.8 Å². The Morgan fingerprint density at radius 1 is 1.13 bits per heavy atom. The highest BCUT2D eigenvalue weighted by Gasteiger charge is 2.28. The molecular formula is C22H30FN5O2. The second kappa shape index (κ2) is 10.0. The number of ether oxygens (including phenoxy) is 1. The molecule has 162 valence electrons. The van der Waals surface area contributed by atoms with E-state index in [4.69, 9.17) is 4.74 Å². The molecule has 8 heteroatoms. The number of likely N-dealkylation sites (tertiary alicyclic amines) is 1. The molecule has 1 N–H and O–H groups in total. The van der Waals surface area contributed by atoms with Crippen LogP contribution in [0.1, 0.15) is 49.7 Å². The van der Waals surface area contributed by atoms with Crippen LogP contribution in [0, 0.1) is 5.82 Å². The zero-order valence-corrected chi connectivity index (χ0v) is 17.4. The zero-order valence-electron chi connectivity index (χ0n) is 17.4. The second-order valence-corrected chi connectivity index (χ2v) is 8.16. The average molecular weight is 416 g/mol. The summed E-state index contributed by atoms with van der Waals surface area (Å²) in [5, 5.41) is 11.9. The van der Waals surface area contributed by atoms with Gasteiger partial charge in [0, 0.05) is 25.4 Å². The van der Waals surface area contributed by atoms with Gasteiger partial charge in [0.2, 0.25) is 5.91 Å². The molecule has 0 spiro atoms. The van der Waals surface area contributed by atoms with Crippen LogP contribution in [0.3, 0.4) is 0 Å². The van der Waals surface area contributed by atoms with Gasteiger partial charge in [-0.05, 0) is 56.5 Å². The number of halogens is 1. The smallest absolute Gasteiger partial charge is 0.234 e. The minimum Gasteiger partial charge on any atom is -0.492 e. The minimum atomic E-state index is -0.294. The number of hydrogen-bond acceptors (Lipinski definition) is 5. The van der Waals surface area contributed by atoms with Crippen LogP contribution in [0.15, 0.2) is 24.3 Å². The largest absolute Gasteiger partial charge is 0.492 e. The Labute approximate surface area is 176 Å². The van der Waals surface area contributed by atoms with E-state index in [1.165, 1.54) is 31.4 Å². The lowest BCUT2D eigenvalue weighted by atomic mass is 9.97. The molecule has 0 bridgehead atoms. The van der Waals surface area contributed by atoms with Crippen LogP contribution in [0.25, 0.3) is 0 Å². The fraction of sp³-hybridized carbons (Fsp3) is 0.591. The Morgan fingerprint density at radius 2 is 2.00 bits per heavy atom. The summed E-state index contributed by atoms with van der Waals surface area (Å²) in [7, 11) is 0. The van der Waals surface area contributed by atoms with E-state index in [0.717, 1.165) is 50.5 Å². The highest BCUT2D eigenvalue weighted by molar-refractivity contribution is 5.78. The third-order valence-electron chi connectivity index (χ3n) is 5.88. The van der Waals surface area contributed by atoms with E-state index in [2.05, 4.69) is 25.0 Å². The third-order valence-corrected chi connectivity index (χ3v) is 5.88. The van der Waals surface area contributed by atoms with E-state index in [-0.39, 0.29) is 11.7 Å². The van der Waals surface area contributed by atoms with Crippen molar-refractivity contribution in [1.29, 1.82) is 0 Å². The molecule has 4 rings (SSSR count). The van der Waals surface area contributed by atoms with Gasteiger partial charge in [0.05, 0.1) is 13.1 Å². The first-order chi connectivity index (χ1) is 14.7. The van der Waals surface area contributed by atoms with Crippen LogP contribution in [-0.2, 0) is 17.8 Å². The van der Waals surface area contributed by atoms with Crippen molar-refractivity contribution in [3.05, 3.63) is 41.7 Å². The maximum absolute atomic E-state index is 12.9. The summed E-state index contributed by atoms with van der Waals surface area (Å²) < 4.78 is 20.7. The van der Waals surface area contributed by atoms with Gasteiger partial charge in [-0.15, -0.1) is 10.2 Å². The molecule has 1 amide bonds. The highest BCUT2D eigenvalue weighted by Crippen LogP contribution is 2.27. The first-order valence-electron chi connectivity index (χ1n) is 11.0. The van der Waals surface area contributed by atoms with Crippen molar-refractivity contribution in [3.8, 4) is 5.75 Å². The molecular weight excluding hydrogens is 385 g/mol. The molecule has 0 aliphatic carbocycles. The van der Waals surface area contributed by atoms with Crippen LogP contribution >= 0.6 is 0 Å². The monoisotopic (exact) mass is 415 g/mol. The van der Waals surface area contributed by atoms with Crippen molar-refractivity contribution in [2.45, 2.75) is 51.0 Å². The Balaban J connectivity index is 1.22. The molecule has 0 saturated carbocycles. The average Bonchev–Trinajstić information content (AvgIpc) is 3.01. The summed E-state index contributed by atoms with van der Waals surface area (Å²) >= 11 is 0. The van der Waals surface area contributed by atoms with Gasteiger partial charge in [0.15, 0.2) is 0 Å². The topological polar surface area (TPSA) is 72.3 Å². The summed E-state index contributed by atoms with van der Waals surface area (Å²) in [5.41, 5.74) is 0. The second-order valence-electron chi connectivity index (χ2n) is 8.16. The summed E-state index contributed by atoms with van der Waals surface area (Å²) in [5.74, 6) is 2.86. The number of nitrogens with zero attached hydrogens (tertiary/aromatic N) is 4. The highest BCUT2D eigenvalue weighted by atomic mass is 19.1. The number of rotatable bonds is 7. The van der Waals surface area contributed by atoms with Gasteiger partial charge in [-0.2, -0.15) is 0 Å². The Hall–Kier alpha value is -2.48. The molecule has 7 nitrogen and oxygen atoms in total. The predicted octanol–water partition coefficient (Wildman–Crippen LogP) is 2.52. The van der Waals surface area contributed by atoms with Gasteiger partial charge < -0.3 is 14.6 Å². The molecule has 1 fully saturated rings. The number of carbonyl (C=O) groups is 1. The zero-order chi connectivity index (χ0) is 20.8. The molecule has 1 saturated heterocycles. The van der Waals surface area contributed by atoms with Crippen molar-refractivity contribution < 1.29 is 13.9 Å². The Kier molecular flexibility index (Phi) is 6.94. The van der Waals surface area contributed by atoms with Gasteiger partial charge in [-0.25, -0.2) is 4.39 Å². The Morgan fingerprint density at radius 3 is 2.87 bits per heavy atom. The number of aromatic nitrogens is 3. The molecule has 1 atom stereocenters. The van der Waals surface area contributed by atoms with E-state index in [1.54, 1.807) is 12.1 Å². The van der Waals surface area contributed by atoms with Crippen LogP contribution in [0.5, 0.6) is 5.75 Å². The summed E-state index contributed by atoms with van der Waals surface area (Å²) in [6.45, 7) is 3.95. The fourth-order valence-corrected chi connectivity index (χ4v) is 4.37. The number of nitrogens with one attached hydrogen (secondary N) is 1. The lowest BCUT2D eigenvalue weighted by Gasteiger charge is -2.31. The maximum Gasteiger partial charge on any atom is 0.234 e. The normalized spacial score (nSPS) is 19.7. The number of aryl methyl sites for hydroxylation is 1. The van der Waals surface area contributed by atoms with Crippen LogP contribution in [0.2, 0.25) is 0 Å². The first-order valence-corrected chi connectivity index (χ1v) is 11.0. The number of benzene rings is 1. The van der Waals surface area contributed by atoms with E-state index >= 15 is 0 Å². The third kappa shape index (κ3) is 5.36. The molecule has 0 radical (unpaired) electrons. The van der Waals surface area contributed by atoms with Gasteiger partial charge in [-0.3, -0.25) is 9.69 Å². The summed E-state index contributed by atoms with van der Waals surface area (Å²) in [4.78, 5) is 14.6. The predicted molar refractivity (Wildman–Crippen MR) is 111 cm³/mol. The van der Waals surface area contributed by atoms with E-state index in [9.17, 15) is 9.18 Å². The van der Waals surface area contributed by atoms with E-state index in [0.29, 0.717) is 31.4 Å². The molecule has 1 aromatic heterocycles. The van der Waals surface area contributed by atoms with Crippen molar-refractivity contribution in [2.75, 3.05) is 32.8 Å². The van der Waals surface area contributed by atoms with Gasteiger partial charge >= 0.3 is 0 Å². The van der Waals surface area contributed by atoms with Crippen molar-refractivity contribution >= 4 is 5.91 Å². The number of piperidine rings is 1. The first kappa shape index (κ1) is 20.8. The molecule has 30 heavy (non-hydrogen) atoms. The van der Waals surface area contributed by atoms with E-state index < -0.39 is 0 Å². The molecule has 3 heterocycles. The lowest BCUT2D eigenvalue weighted by molar-refractivity contribution is -0.122. The van der Waals surface area contributed by atoms with E-state index in [1.807, 2.05) is 0 Å². The van der Waals surface area contributed by atoms with Gasteiger partial charge in [0.25, 0.3) is 0 Å². The van der Waals surface area contributed by atoms with Crippen LogP contribution in [-0.4, -0.2) is 58.4 Å². The molecule has 1 unspecified atom stereocenters. The van der Waals surface area contributed by atoms with Crippen LogP contribution < -0.4 is 10.1 Å². The van der Waals surface area contributed by atoms with Crippen molar-refractivity contribution in [3.63, 3.8) is 0 Å². The molecule has 2 aromatic rings. The maximum atomic E-state index is 12.9. The molecule has 1 aromatic carbocycles. The number of amides is 1. The van der Waals surface area contributed by atoms with Crippen molar-refractivity contribution in [2.24, 2.45) is 0 Å². The summed E-state index contributed by atoms with van der Waals surface area (Å²) in [6.07, 6.45) is 6.82. The SMILES string of the molecule is O=C(CN1CCCC(c2nnc3n2CCCCC3)C1)NCCOc1ccc(F)cc1.